The molecule has 1 fully saturated rings. The minimum atomic E-state index is -3.38. The summed E-state index contributed by atoms with van der Waals surface area (Å²) in [7, 11) is -3.38. The molecule has 0 amide bonds. The number of hydrogen-bond donors (Lipinski definition) is 0. The molecule has 0 aromatic heterocycles. The molecule has 128 valence electrons. The van der Waals surface area contributed by atoms with E-state index in [4.69, 9.17) is 4.74 Å². The van der Waals surface area contributed by atoms with Crippen LogP contribution in [0.2, 0.25) is 0 Å². The number of ether oxygens (including phenoxy) is 1. The summed E-state index contributed by atoms with van der Waals surface area (Å²) in [5.41, 5.74) is 1.06. The van der Waals surface area contributed by atoms with Gasteiger partial charge in [-0.25, -0.2) is 8.42 Å². The maximum atomic E-state index is 12.7. The lowest BCUT2D eigenvalue weighted by atomic mass is 9.99. The van der Waals surface area contributed by atoms with Gasteiger partial charge in [-0.15, -0.1) is 0 Å². The van der Waals surface area contributed by atoms with Gasteiger partial charge >= 0.3 is 0 Å². The number of para-hydroxylation sites is 1. The fourth-order valence-corrected chi connectivity index (χ4v) is 4.38. The average Bonchev–Trinajstić information content (AvgIpc) is 2.61. The fourth-order valence-electron chi connectivity index (χ4n) is 2.91. The topological polar surface area (TPSA) is 46.6 Å². The largest absolute Gasteiger partial charge is 0.493 e. The number of rotatable bonds is 5. The van der Waals surface area contributed by atoms with Gasteiger partial charge in [0.1, 0.15) is 5.75 Å². The molecule has 1 heterocycles. The second kappa shape index (κ2) is 7.36. The predicted octanol–water partition coefficient (Wildman–Crippen LogP) is 3.47. The van der Waals surface area contributed by atoms with Crippen LogP contribution in [0.25, 0.3) is 0 Å². The Bertz CT molecular complexity index is 749. The van der Waals surface area contributed by atoms with E-state index in [2.05, 4.69) is 0 Å². The van der Waals surface area contributed by atoms with Crippen molar-refractivity contribution in [2.75, 3.05) is 19.7 Å². The van der Waals surface area contributed by atoms with Crippen LogP contribution in [0.4, 0.5) is 0 Å². The van der Waals surface area contributed by atoms with Gasteiger partial charge in [-0.1, -0.05) is 35.9 Å². The van der Waals surface area contributed by atoms with E-state index in [0.29, 0.717) is 30.5 Å². The lowest BCUT2D eigenvalue weighted by Crippen LogP contribution is -2.39. The Hall–Kier alpha value is -1.85. The molecule has 3 rings (SSSR count). The number of hydrogen-bond acceptors (Lipinski definition) is 3. The van der Waals surface area contributed by atoms with Crippen molar-refractivity contribution in [3.63, 3.8) is 0 Å². The molecule has 0 bridgehead atoms. The maximum Gasteiger partial charge on any atom is 0.243 e. The third-order valence-corrected chi connectivity index (χ3v) is 6.37. The minimum Gasteiger partial charge on any atom is -0.493 e. The highest BCUT2D eigenvalue weighted by Gasteiger charge is 2.29. The van der Waals surface area contributed by atoms with E-state index >= 15 is 0 Å². The SMILES string of the molecule is Cc1ccc(S(=O)(=O)N2CCC(COc3ccccc3)CC2)cc1. The lowest BCUT2D eigenvalue weighted by molar-refractivity contribution is 0.185. The van der Waals surface area contributed by atoms with E-state index in [-0.39, 0.29) is 0 Å². The van der Waals surface area contributed by atoms with E-state index in [1.807, 2.05) is 49.4 Å². The Morgan fingerprint density at radius 3 is 2.25 bits per heavy atom. The van der Waals surface area contributed by atoms with Crippen LogP contribution >= 0.6 is 0 Å². The number of sulfonamides is 1. The van der Waals surface area contributed by atoms with Crippen molar-refractivity contribution >= 4 is 10.0 Å². The Balaban J connectivity index is 1.55. The molecule has 4 nitrogen and oxygen atoms in total. The van der Waals surface area contributed by atoms with Crippen LogP contribution < -0.4 is 4.74 Å². The molecule has 5 heteroatoms. The van der Waals surface area contributed by atoms with E-state index in [0.717, 1.165) is 24.2 Å². The second-order valence-corrected chi connectivity index (χ2v) is 8.22. The maximum absolute atomic E-state index is 12.7. The summed E-state index contributed by atoms with van der Waals surface area (Å²) in [4.78, 5) is 0.382. The molecule has 1 aliphatic heterocycles. The van der Waals surface area contributed by atoms with Gasteiger partial charge in [0.25, 0.3) is 0 Å². The molecule has 0 N–H and O–H groups in total. The molecule has 0 aliphatic carbocycles. The van der Waals surface area contributed by atoms with Crippen LogP contribution in [0, 0.1) is 12.8 Å². The highest BCUT2D eigenvalue weighted by atomic mass is 32.2. The number of benzene rings is 2. The molecular formula is C19H23NO3S. The summed E-state index contributed by atoms with van der Waals surface area (Å²) in [5, 5.41) is 0. The summed E-state index contributed by atoms with van der Waals surface area (Å²) in [6.07, 6.45) is 1.66. The highest BCUT2D eigenvalue weighted by Crippen LogP contribution is 2.24. The summed E-state index contributed by atoms with van der Waals surface area (Å²) < 4.78 is 32.7. The monoisotopic (exact) mass is 345 g/mol. The Morgan fingerprint density at radius 1 is 1.00 bits per heavy atom. The first-order chi connectivity index (χ1) is 11.6. The molecule has 0 radical (unpaired) electrons. The van der Waals surface area contributed by atoms with Crippen molar-refractivity contribution in [1.29, 1.82) is 0 Å². The average molecular weight is 345 g/mol. The zero-order valence-electron chi connectivity index (χ0n) is 13.9. The van der Waals surface area contributed by atoms with Gasteiger partial charge in [0.15, 0.2) is 0 Å². The summed E-state index contributed by atoms with van der Waals surface area (Å²) in [6, 6.07) is 16.8. The highest BCUT2D eigenvalue weighted by molar-refractivity contribution is 7.89. The van der Waals surface area contributed by atoms with Crippen molar-refractivity contribution in [2.45, 2.75) is 24.7 Å². The molecule has 0 saturated carbocycles. The summed E-state index contributed by atoms with van der Waals surface area (Å²) in [6.45, 7) is 3.70. The lowest BCUT2D eigenvalue weighted by Gasteiger charge is -2.31. The van der Waals surface area contributed by atoms with Crippen LogP contribution in [-0.2, 0) is 10.0 Å². The molecule has 0 unspecified atom stereocenters. The minimum absolute atomic E-state index is 0.382. The van der Waals surface area contributed by atoms with Crippen LogP contribution in [0.3, 0.4) is 0 Å². The van der Waals surface area contributed by atoms with E-state index < -0.39 is 10.0 Å². The number of piperidine rings is 1. The second-order valence-electron chi connectivity index (χ2n) is 6.28. The van der Waals surface area contributed by atoms with Gasteiger partial charge in [-0.05, 0) is 49.9 Å². The summed E-state index contributed by atoms with van der Waals surface area (Å²) >= 11 is 0. The molecule has 2 aromatic carbocycles. The molecule has 1 saturated heterocycles. The Morgan fingerprint density at radius 2 is 1.62 bits per heavy atom. The van der Waals surface area contributed by atoms with Gasteiger partial charge in [0, 0.05) is 13.1 Å². The molecule has 1 aliphatic rings. The first kappa shape index (κ1) is 17.0. The summed E-state index contributed by atoms with van der Waals surface area (Å²) in [5.74, 6) is 1.27. The first-order valence-corrected chi connectivity index (χ1v) is 9.74. The molecule has 0 spiro atoms. The molecule has 24 heavy (non-hydrogen) atoms. The van der Waals surface area contributed by atoms with Crippen molar-refractivity contribution in [3.05, 3.63) is 60.2 Å². The van der Waals surface area contributed by atoms with Crippen LogP contribution in [0.1, 0.15) is 18.4 Å². The smallest absolute Gasteiger partial charge is 0.243 e. The molecular weight excluding hydrogens is 322 g/mol. The zero-order valence-corrected chi connectivity index (χ0v) is 14.7. The Labute approximate surface area is 144 Å². The zero-order chi connectivity index (χ0) is 17.0. The van der Waals surface area contributed by atoms with Crippen molar-refractivity contribution in [2.24, 2.45) is 5.92 Å². The Kier molecular flexibility index (Phi) is 5.21. The van der Waals surface area contributed by atoms with Crippen LogP contribution in [-0.4, -0.2) is 32.4 Å². The number of nitrogens with zero attached hydrogens (tertiary/aromatic N) is 1. The van der Waals surface area contributed by atoms with Crippen LogP contribution in [0.15, 0.2) is 59.5 Å². The van der Waals surface area contributed by atoms with Gasteiger partial charge in [-0.3, -0.25) is 0 Å². The predicted molar refractivity (Wildman–Crippen MR) is 94.6 cm³/mol. The van der Waals surface area contributed by atoms with Crippen molar-refractivity contribution in [3.8, 4) is 5.75 Å². The first-order valence-electron chi connectivity index (χ1n) is 8.30. The number of aryl methyl sites for hydroxylation is 1. The molecule has 0 atom stereocenters. The van der Waals surface area contributed by atoms with Gasteiger partial charge in [0.05, 0.1) is 11.5 Å². The fraction of sp³-hybridized carbons (Fsp3) is 0.368. The quantitative estimate of drug-likeness (QED) is 0.833. The molecule has 2 aromatic rings. The third kappa shape index (κ3) is 3.97. The van der Waals surface area contributed by atoms with Gasteiger partial charge in [-0.2, -0.15) is 4.31 Å². The van der Waals surface area contributed by atoms with Gasteiger partial charge < -0.3 is 4.74 Å². The van der Waals surface area contributed by atoms with Crippen LogP contribution in [0.5, 0.6) is 5.75 Å². The van der Waals surface area contributed by atoms with E-state index in [9.17, 15) is 8.42 Å². The van der Waals surface area contributed by atoms with E-state index in [1.165, 1.54) is 0 Å². The normalized spacial score (nSPS) is 16.9. The third-order valence-electron chi connectivity index (χ3n) is 4.46. The van der Waals surface area contributed by atoms with E-state index in [1.54, 1.807) is 16.4 Å². The van der Waals surface area contributed by atoms with Crippen molar-refractivity contribution in [1.82, 2.24) is 4.31 Å². The van der Waals surface area contributed by atoms with Crippen molar-refractivity contribution < 1.29 is 13.2 Å². The van der Waals surface area contributed by atoms with Gasteiger partial charge in [0.2, 0.25) is 10.0 Å². The standard InChI is InChI=1S/C19H23NO3S/c1-16-7-9-19(10-8-16)24(21,22)20-13-11-17(12-14-20)15-23-18-5-3-2-4-6-18/h2-10,17H,11-15H2,1H3.